The number of aliphatic carboxylic acids is 1. The van der Waals surface area contributed by atoms with Crippen LogP contribution in [0.2, 0.25) is 0 Å². The van der Waals surface area contributed by atoms with Crippen LogP contribution in [-0.4, -0.2) is 35.0 Å². The summed E-state index contributed by atoms with van der Waals surface area (Å²) in [5.74, 6) is -1.18. The lowest BCUT2D eigenvalue weighted by atomic mass is 10.2. The minimum Gasteiger partial charge on any atom is -0.480 e. The van der Waals surface area contributed by atoms with Gasteiger partial charge in [-0.25, -0.2) is 9.59 Å². The standard InChI is InChI=1S/C16H22N2O5/c1-16(2,3)23-15(21)18-13(14(19)20)9-10-17-22-11-12-7-5-4-6-8-12/h4-8,10,13H,9,11H2,1-3H3,(H,18,21)(H,19,20)/b17-10+/t13-/m0/s1. The van der Waals surface area contributed by atoms with Crippen molar-refractivity contribution in [3.63, 3.8) is 0 Å². The molecule has 0 heterocycles. The number of ether oxygens (including phenoxy) is 1. The number of nitrogens with zero attached hydrogens (tertiary/aromatic N) is 1. The molecule has 1 aromatic rings. The van der Waals surface area contributed by atoms with Gasteiger partial charge in [-0.05, 0) is 26.3 Å². The number of carbonyl (C=O) groups excluding carboxylic acids is 1. The zero-order chi connectivity index (χ0) is 17.3. The monoisotopic (exact) mass is 322 g/mol. The second-order valence-electron chi connectivity index (χ2n) is 5.82. The fraction of sp³-hybridized carbons (Fsp3) is 0.438. The van der Waals surface area contributed by atoms with Gasteiger partial charge in [-0.3, -0.25) is 0 Å². The van der Waals surface area contributed by atoms with Crippen LogP contribution in [0.15, 0.2) is 35.5 Å². The quantitative estimate of drug-likeness (QED) is 0.594. The molecule has 126 valence electrons. The number of carboxylic acid groups (broad SMARTS) is 1. The summed E-state index contributed by atoms with van der Waals surface area (Å²) in [6.07, 6.45) is 0.506. The van der Waals surface area contributed by atoms with Gasteiger partial charge < -0.3 is 20.0 Å². The molecule has 0 aliphatic carbocycles. The molecule has 7 nitrogen and oxygen atoms in total. The van der Waals surface area contributed by atoms with Gasteiger partial charge in [0.05, 0.1) is 0 Å². The fourth-order valence-corrected chi connectivity index (χ4v) is 1.56. The molecule has 0 aliphatic rings. The number of hydrogen-bond acceptors (Lipinski definition) is 5. The molecule has 0 radical (unpaired) electrons. The first kappa shape index (κ1) is 18.5. The minimum atomic E-state index is -1.18. The van der Waals surface area contributed by atoms with Crippen LogP contribution >= 0.6 is 0 Å². The molecule has 0 spiro atoms. The lowest BCUT2D eigenvalue weighted by Gasteiger charge is -2.21. The third-order valence-electron chi connectivity index (χ3n) is 2.55. The molecule has 0 saturated carbocycles. The highest BCUT2D eigenvalue weighted by Crippen LogP contribution is 2.07. The van der Waals surface area contributed by atoms with E-state index in [2.05, 4.69) is 10.5 Å². The van der Waals surface area contributed by atoms with E-state index in [0.29, 0.717) is 0 Å². The third-order valence-corrected chi connectivity index (χ3v) is 2.55. The van der Waals surface area contributed by atoms with Crippen LogP contribution in [0, 0.1) is 0 Å². The number of alkyl carbamates (subject to hydrolysis) is 1. The Hall–Kier alpha value is -2.57. The minimum absolute atomic E-state index is 0.0105. The molecular weight excluding hydrogens is 300 g/mol. The van der Waals surface area contributed by atoms with E-state index in [-0.39, 0.29) is 13.0 Å². The van der Waals surface area contributed by atoms with E-state index >= 15 is 0 Å². The summed E-state index contributed by atoms with van der Waals surface area (Å²) in [6, 6.07) is 8.31. The maximum Gasteiger partial charge on any atom is 0.408 e. The number of carbonyl (C=O) groups is 2. The molecule has 0 fully saturated rings. The second kappa shape index (κ2) is 8.77. The summed E-state index contributed by atoms with van der Waals surface area (Å²) in [5.41, 5.74) is 0.256. The molecule has 1 amide bonds. The normalized spacial score (nSPS) is 12.7. The molecule has 0 bridgehead atoms. The van der Waals surface area contributed by atoms with Crippen molar-refractivity contribution in [2.75, 3.05) is 0 Å². The first-order valence-electron chi connectivity index (χ1n) is 7.18. The zero-order valence-corrected chi connectivity index (χ0v) is 13.5. The lowest BCUT2D eigenvalue weighted by molar-refractivity contribution is -0.139. The molecule has 0 aromatic heterocycles. The Morgan fingerprint density at radius 3 is 2.52 bits per heavy atom. The van der Waals surface area contributed by atoms with E-state index in [1.165, 1.54) is 6.21 Å². The van der Waals surface area contributed by atoms with E-state index in [4.69, 9.17) is 14.7 Å². The second-order valence-corrected chi connectivity index (χ2v) is 5.82. The number of benzene rings is 1. The molecule has 23 heavy (non-hydrogen) atoms. The molecule has 1 rings (SSSR count). The molecule has 1 atom stereocenters. The Kier molecular flexibility index (Phi) is 7.05. The van der Waals surface area contributed by atoms with Crippen LogP contribution in [0.4, 0.5) is 4.79 Å². The SMILES string of the molecule is CC(C)(C)OC(=O)N[C@@H](C/C=N/OCc1ccccc1)C(=O)O. The smallest absolute Gasteiger partial charge is 0.408 e. The van der Waals surface area contributed by atoms with Gasteiger partial charge in [0, 0.05) is 12.6 Å². The maximum atomic E-state index is 11.6. The summed E-state index contributed by atoms with van der Waals surface area (Å²) in [4.78, 5) is 27.8. The summed E-state index contributed by atoms with van der Waals surface area (Å²) >= 11 is 0. The van der Waals surface area contributed by atoms with Crippen molar-refractivity contribution >= 4 is 18.3 Å². The largest absolute Gasteiger partial charge is 0.480 e. The van der Waals surface area contributed by atoms with Crippen molar-refractivity contribution in [2.24, 2.45) is 5.16 Å². The van der Waals surface area contributed by atoms with Crippen LogP contribution in [0.5, 0.6) is 0 Å². The molecular formula is C16H22N2O5. The summed E-state index contributed by atoms with van der Waals surface area (Å²) in [5, 5.41) is 15.0. The molecule has 0 unspecified atom stereocenters. The van der Waals surface area contributed by atoms with E-state index in [1.54, 1.807) is 20.8 Å². The molecule has 1 aromatic carbocycles. The number of hydrogen-bond donors (Lipinski definition) is 2. The maximum absolute atomic E-state index is 11.6. The molecule has 2 N–H and O–H groups in total. The predicted molar refractivity (Wildman–Crippen MR) is 85.1 cm³/mol. The van der Waals surface area contributed by atoms with Crippen molar-refractivity contribution in [3.05, 3.63) is 35.9 Å². The Labute approximate surface area is 135 Å². The van der Waals surface area contributed by atoms with Crippen LogP contribution < -0.4 is 5.32 Å². The van der Waals surface area contributed by atoms with Gasteiger partial charge in [0.25, 0.3) is 0 Å². The highest BCUT2D eigenvalue weighted by molar-refractivity contribution is 5.82. The van der Waals surface area contributed by atoms with Crippen molar-refractivity contribution < 1.29 is 24.3 Å². The molecule has 0 saturated heterocycles. The van der Waals surface area contributed by atoms with Gasteiger partial charge in [0.1, 0.15) is 18.2 Å². The lowest BCUT2D eigenvalue weighted by Crippen LogP contribution is -2.43. The summed E-state index contributed by atoms with van der Waals surface area (Å²) in [7, 11) is 0. The number of oxime groups is 1. The summed E-state index contributed by atoms with van der Waals surface area (Å²) < 4.78 is 5.01. The highest BCUT2D eigenvalue weighted by Gasteiger charge is 2.23. The Bertz CT molecular complexity index is 537. The number of amides is 1. The number of nitrogens with one attached hydrogen (secondary N) is 1. The zero-order valence-electron chi connectivity index (χ0n) is 13.5. The fourth-order valence-electron chi connectivity index (χ4n) is 1.56. The van der Waals surface area contributed by atoms with Gasteiger partial charge in [-0.2, -0.15) is 0 Å². The van der Waals surface area contributed by atoms with Crippen molar-refractivity contribution in [1.82, 2.24) is 5.32 Å². The van der Waals surface area contributed by atoms with Crippen LogP contribution in [0.1, 0.15) is 32.8 Å². The third kappa shape index (κ3) is 8.45. The van der Waals surface area contributed by atoms with Gasteiger partial charge in [0.15, 0.2) is 0 Å². The average Bonchev–Trinajstić information content (AvgIpc) is 2.44. The predicted octanol–water partition coefficient (Wildman–Crippen LogP) is 2.56. The first-order valence-corrected chi connectivity index (χ1v) is 7.18. The van der Waals surface area contributed by atoms with Gasteiger partial charge in [-0.1, -0.05) is 35.5 Å². The number of rotatable bonds is 7. The van der Waals surface area contributed by atoms with Crippen LogP contribution in [0.3, 0.4) is 0 Å². The van der Waals surface area contributed by atoms with Crippen molar-refractivity contribution in [1.29, 1.82) is 0 Å². The molecule has 7 heteroatoms. The van der Waals surface area contributed by atoms with Gasteiger partial charge in [0.2, 0.25) is 0 Å². The van der Waals surface area contributed by atoms with E-state index in [1.807, 2.05) is 30.3 Å². The Morgan fingerprint density at radius 2 is 1.96 bits per heavy atom. The van der Waals surface area contributed by atoms with Crippen LogP contribution in [-0.2, 0) is 21.0 Å². The van der Waals surface area contributed by atoms with Gasteiger partial charge in [-0.15, -0.1) is 0 Å². The number of carboxylic acids is 1. The van der Waals surface area contributed by atoms with E-state index < -0.39 is 23.7 Å². The topological polar surface area (TPSA) is 97.2 Å². The average molecular weight is 322 g/mol. The van der Waals surface area contributed by atoms with Crippen molar-refractivity contribution in [2.45, 2.75) is 45.4 Å². The highest BCUT2D eigenvalue weighted by atomic mass is 16.6. The molecule has 0 aliphatic heterocycles. The first-order chi connectivity index (χ1) is 10.8. The van der Waals surface area contributed by atoms with Gasteiger partial charge >= 0.3 is 12.1 Å². The Morgan fingerprint density at radius 1 is 1.30 bits per heavy atom. The summed E-state index contributed by atoms with van der Waals surface area (Å²) in [6.45, 7) is 5.37. The van der Waals surface area contributed by atoms with Crippen molar-refractivity contribution in [3.8, 4) is 0 Å². The van der Waals surface area contributed by atoms with E-state index in [0.717, 1.165) is 5.56 Å². The van der Waals surface area contributed by atoms with E-state index in [9.17, 15) is 9.59 Å². The Balaban J connectivity index is 2.39. The van der Waals surface area contributed by atoms with Crippen LogP contribution in [0.25, 0.3) is 0 Å².